The summed E-state index contributed by atoms with van der Waals surface area (Å²) < 4.78 is 7.10. The summed E-state index contributed by atoms with van der Waals surface area (Å²) in [6.07, 6.45) is 5.14. The molecule has 0 aliphatic heterocycles. The molecule has 0 aromatic carbocycles. The molecule has 0 fully saturated rings. The number of nitrogens with zero attached hydrogens (tertiary/aromatic N) is 3. The van der Waals surface area contributed by atoms with Crippen LogP contribution in [-0.4, -0.2) is 20.8 Å². The van der Waals surface area contributed by atoms with Gasteiger partial charge in [-0.25, -0.2) is 4.68 Å². The number of aromatic nitrogens is 2. The van der Waals surface area contributed by atoms with E-state index >= 15 is 0 Å². The van der Waals surface area contributed by atoms with Gasteiger partial charge in [0.05, 0.1) is 4.92 Å². The van der Waals surface area contributed by atoms with Crippen LogP contribution in [0.25, 0.3) is 0 Å². The van der Waals surface area contributed by atoms with Gasteiger partial charge in [0.25, 0.3) is 5.88 Å². The first-order chi connectivity index (χ1) is 8.10. The first-order valence-electron chi connectivity index (χ1n) is 5.93. The second-order valence-electron chi connectivity index (χ2n) is 4.01. The van der Waals surface area contributed by atoms with E-state index in [1.807, 2.05) is 6.92 Å². The highest BCUT2D eigenvalue weighted by Gasteiger charge is 2.23. The molecule has 96 valence electrons. The van der Waals surface area contributed by atoms with Crippen molar-refractivity contribution in [3.05, 3.63) is 16.3 Å². The number of ether oxygens (including phenoxy) is 1. The third-order valence-electron chi connectivity index (χ3n) is 2.68. The van der Waals surface area contributed by atoms with Crippen LogP contribution in [0.1, 0.15) is 39.5 Å². The predicted octanol–water partition coefficient (Wildman–Crippen LogP) is 2.68. The van der Waals surface area contributed by atoms with Crippen molar-refractivity contribution in [2.45, 2.75) is 45.6 Å². The van der Waals surface area contributed by atoms with Crippen LogP contribution in [0.5, 0.6) is 5.88 Å². The van der Waals surface area contributed by atoms with Crippen LogP contribution in [0.2, 0.25) is 0 Å². The standard InChI is InChI=1S/C11H19N3O3/c1-4-6-7-9(5-2)17-11-10(14(15)16)8-12-13(11)3/h8-9H,4-7H2,1-3H3/t9-/m0/s1. The van der Waals surface area contributed by atoms with Crippen LogP contribution < -0.4 is 4.74 Å². The Balaban J connectivity index is 2.77. The van der Waals surface area contributed by atoms with Crippen molar-refractivity contribution >= 4 is 5.69 Å². The van der Waals surface area contributed by atoms with Crippen LogP contribution in [-0.2, 0) is 7.05 Å². The van der Waals surface area contributed by atoms with E-state index in [2.05, 4.69) is 12.0 Å². The highest BCUT2D eigenvalue weighted by molar-refractivity contribution is 5.38. The average Bonchev–Trinajstić information content (AvgIpc) is 2.66. The Labute approximate surface area is 101 Å². The first-order valence-corrected chi connectivity index (χ1v) is 5.93. The maximum absolute atomic E-state index is 10.8. The Bertz CT molecular complexity index is 376. The smallest absolute Gasteiger partial charge is 0.350 e. The molecule has 1 rings (SSSR count). The van der Waals surface area contributed by atoms with Crippen molar-refractivity contribution in [3.8, 4) is 5.88 Å². The molecule has 0 spiro atoms. The molecule has 0 saturated carbocycles. The molecule has 6 nitrogen and oxygen atoms in total. The van der Waals surface area contributed by atoms with E-state index in [1.54, 1.807) is 7.05 Å². The van der Waals surface area contributed by atoms with Crippen molar-refractivity contribution in [1.29, 1.82) is 0 Å². The molecule has 6 heteroatoms. The Morgan fingerprint density at radius 2 is 2.29 bits per heavy atom. The quantitative estimate of drug-likeness (QED) is 0.543. The Morgan fingerprint density at radius 3 is 2.82 bits per heavy atom. The minimum atomic E-state index is -0.463. The third kappa shape index (κ3) is 3.44. The molecule has 1 aromatic rings. The second-order valence-corrected chi connectivity index (χ2v) is 4.01. The van der Waals surface area contributed by atoms with Crippen molar-refractivity contribution in [1.82, 2.24) is 9.78 Å². The second kappa shape index (κ2) is 6.22. The van der Waals surface area contributed by atoms with Gasteiger partial charge < -0.3 is 4.74 Å². The molecular weight excluding hydrogens is 222 g/mol. The van der Waals surface area contributed by atoms with E-state index in [9.17, 15) is 10.1 Å². The summed E-state index contributed by atoms with van der Waals surface area (Å²) in [7, 11) is 1.65. The van der Waals surface area contributed by atoms with E-state index in [4.69, 9.17) is 4.74 Å². The van der Waals surface area contributed by atoms with Crippen LogP contribution in [0.3, 0.4) is 0 Å². The SMILES string of the molecule is CCCC[C@H](CC)Oc1c([N+](=O)[O-])cnn1C. The molecule has 0 aliphatic carbocycles. The van der Waals surface area contributed by atoms with Gasteiger partial charge in [0.1, 0.15) is 12.3 Å². The summed E-state index contributed by atoms with van der Waals surface area (Å²) in [4.78, 5) is 10.3. The van der Waals surface area contributed by atoms with E-state index in [1.165, 1.54) is 10.9 Å². The lowest BCUT2D eigenvalue weighted by molar-refractivity contribution is -0.386. The fourth-order valence-electron chi connectivity index (χ4n) is 1.61. The number of nitro groups is 1. The van der Waals surface area contributed by atoms with Crippen LogP contribution >= 0.6 is 0 Å². The van der Waals surface area contributed by atoms with E-state index in [0.29, 0.717) is 0 Å². The first kappa shape index (κ1) is 13.5. The van der Waals surface area contributed by atoms with Gasteiger partial charge in [-0.05, 0) is 12.8 Å². The van der Waals surface area contributed by atoms with Gasteiger partial charge in [0, 0.05) is 7.05 Å². The molecular formula is C11H19N3O3. The molecule has 0 unspecified atom stereocenters. The van der Waals surface area contributed by atoms with Gasteiger partial charge in [-0.15, -0.1) is 0 Å². The molecule has 0 amide bonds. The number of unbranched alkanes of at least 4 members (excludes halogenated alkanes) is 1. The number of rotatable bonds is 7. The van der Waals surface area contributed by atoms with Crippen molar-refractivity contribution < 1.29 is 9.66 Å². The van der Waals surface area contributed by atoms with Gasteiger partial charge in [-0.2, -0.15) is 5.10 Å². The van der Waals surface area contributed by atoms with E-state index in [0.717, 1.165) is 25.7 Å². The number of hydrogen-bond acceptors (Lipinski definition) is 4. The van der Waals surface area contributed by atoms with Crippen LogP contribution in [0.15, 0.2) is 6.20 Å². The van der Waals surface area contributed by atoms with Crippen molar-refractivity contribution in [2.75, 3.05) is 0 Å². The van der Waals surface area contributed by atoms with Gasteiger partial charge in [0.2, 0.25) is 0 Å². The molecule has 0 aliphatic rings. The Hall–Kier alpha value is -1.59. The maximum atomic E-state index is 10.8. The molecule has 0 saturated heterocycles. The molecule has 1 atom stereocenters. The Kier molecular flexibility index (Phi) is 4.93. The van der Waals surface area contributed by atoms with Crippen molar-refractivity contribution in [3.63, 3.8) is 0 Å². The molecule has 0 radical (unpaired) electrons. The van der Waals surface area contributed by atoms with Gasteiger partial charge in [0.15, 0.2) is 0 Å². The zero-order valence-corrected chi connectivity index (χ0v) is 10.5. The van der Waals surface area contributed by atoms with Crippen molar-refractivity contribution in [2.24, 2.45) is 7.05 Å². The normalized spacial score (nSPS) is 12.4. The minimum absolute atomic E-state index is 0.0176. The zero-order chi connectivity index (χ0) is 12.8. The topological polar surface area (TPSA) is 70.2 Å². The summed E-state index contributed by atoms with van der Waals surface area (Å²) in [6.45, 7) is 4.13. The molecule has 17 heavy (non-hydrogen) atoms. The highest BCUT2D eigenvalue weighted by Crippen LogP contribution is 2.27. The third-order valence-corrected chi connectivity index (χ3v) is 2.68. The molecule has 1 heterocycles. The van der Waals surface area contributed by atoms with Gasteiger partial charge in [-0.1, -0.05) is 26.7 Å². The maximum Gasteiger partial charge on any atom is 0.350 e. The minimum Gasteiger partial charge on any atom is -0.470 e. The number of hydrogen-bond donors (Lipinski definition) is 0. The zero-order valence-electron chi connectivity index (χ0n) is 10.5. The summed E-state index contributed by atoms with van der Waals surface area (Å²) in [6, 6.07) is 0. The lowest BCUT2D eigenvalue weighted by atomic mass is 10.1. The summed E-state index contributed by atoms with van der Waals surface area (Å²) in [5, 5.41) is 14.6. The lowest BCUT2D eigenvalue weighted by Gasteiger charge is -2.16. The number of aryl methyl sites for hydroxylation is 1. The highest BCUT2D eigenvalue weighted by atomic mass is 16.6. The van der Waals surface area contributed by atoms with E-state index in [-0.39, 0.29) is 17.7 Å². The fraction of sp³-hybridized carbons (Fsp3) is 0.727. The largest absolute Gasteiger partial charge is 0.470 e. The fourth-order valence-corrected chi connectivity index (χ4v) is 1.61. The van der Waals surface area contributed by atoms with E-state index < -0.39 is 4.92 Å². The monoisotopic (exact) mass is 241 g/mol. The lowest BCUT2D eigenvalue weighted by Crippen LogP contribution is -2.17. The summed E-state index contributed by atoms with van der Waals surface area (Å²) in [5.41, 5.74) is -0.0672. The summed E-state index contributed by atoms with van der Waals surface area (Å²) >= 11 is 0. The van der Waals surface area contributed by atoms with Gasteiger partial charge in [-0.3, -0.25) is 10.1 Å². The predicted molar refractivity (Wildman–Crippen MR) is 64.1 cm³/mol. The van der Waals surface area contributed by atoms with Gasteiger partial charge >= 0.3 is 5.69 Å². The molecule has 0 N–H and O–H groups in total. The van der Waals surface area contributed by atoms with Crippen LogP contribution in [0, 0.1) is 10.1 Å². The molecule has 0 bridgehead atoms. The molecule has 1 aromatic heterocycles. The summed E-state index contributed by atoms with van der Waals surface area (Å²) in [5.74, 6) is 0.248. The average molecular weight is 241 g/mol. The Morgan fingerprint density at radius 1 is 1.59 bits per heavy atom. The van der Waals surface area contributed by atoms with Crippen LogP contribution in [0.4, 0.5) is 5.69 Å².